The molecule has 0 spiro atoms. The van der Waals surface area contributed by atoms with Crippen LogP contribution in [0.5, 0.6) is 17.2 Å². The number of ether oxygens (including phenoxy) is 3. The minimum atomic E-state index is -0.286. The molecule has 188 valence electrons. The van der Waals surface area contributed by atoms with Crippen molar-refractivity contribution in [1.29, 1.82) is 0 Å². The van der Waals surface area contributed by atoms with Gasteiger partial charge in [-0.25, -0.2) is 0 Å². The molecule has 1 unspecified atom stereocenters. The minimum absolute atomic E-state index is 0.0700. The van der Waals surface area contributed by atoms with Gasteiger partial charge in [0, 0.05) is 12.5 Å². The Balaban J connectivity index is 0.00000137. The summed E-state index contributed by atoms with van der Waals surface area (Å²) in [5.74, 6) is 1.55. The number of rotatable bonds is 6. The van der Waals surface area contributed by atoms with Gasteiger partial charge in [-0.1, -0.05) is 33.8 Å². The first kappa shape index (κ1) is 29.4. The molecule has 1 aliphatic carbocycles. The maximum absolute atomic E-state index is 12.8. The van der Waals surface area contributed by atoms with Gasteiger partial charge < -0.3 is 19.5 Å². The van der Waals surface area contributed by atoms with Crippen molar-refractivity contribution >= 4 is 17.7 Å². The van der Waals surface area contributed by atoms with Gasteiger partial charge in [0.25, 0.3) is 0 Å². The summed E-state index contributed by atoms with van der Waals surface area (Å²) in [6.07, 6.45) is 3.21. The lowest BCUT2D eigenvalue weighted by atomic mass is 9.95. The molecule has 34 heavy (non-hydrogen) atoms. The van der Waals surface area contributed by atoms with Crippen LogP contribution in [-0.2, 0) is 11.2 Å². The Labute approximate surface area is 208 Å². The molecule has 0 heterocycles. The number of carbonyl (C=O) groups is 1. The fourth-order valence-corrected chi connectivity index (χ4v) is 4.44. The molecular formula is C27H39NO5S. The fourth-order valence-electron chi connectivity index (χ4n) is 3.97. The van der Waals surface area contributed by atoms with Gasteiger partial charge in [0.1, 0.15) is 0 Å². The number of carbonyl (C=O) groups excluding carboxylic acids is 1. The summed E-state index contributed by atoms with van der Waals surface area (Å²) in [4.78, 5) is 25.3. The van der Waals surface area contributed by atoms with E-state index in [4.69, 9.17) is 14.2 Å². The van der Waals surface area contributed by atoms with Crippen LogP contribution < -0.4 is 25.0 Å². The van der Waals surface area contributed by atoms with Crippen LogP contribution in [-0.4, -0.2) is 33.0 Å². The summed E-state index contributed by atoms with van der Waals surface area (Å²) in [6.45, 7) is 11.9. The average molecular weight is 490 g/mol. The van der Waals surface area contributed by atoms with Gasteiger partial charge in [-0.3, -0.25) is 9.59 Å². The third-order valence-corrected chi connectivity index (χ3v) is 5.96. The van der Waals surface area contributed by atoms with Crippen LogP contribution in [0.25, 0.3) is 11.1 Å². The first-order valence-corrected chi connectivity index (χ1v) is 13.1. The van der Waals surface area contributed by atoms with Crippen LogP contribution in [0.1, 0.15) is 65.1 Å². The van der Waals surface area contributed by atoms with E-state index in [2.05, 4.69) is 5.32 Å². The van der Waals surface area contributed by atoms with Crippen LogP contribution >= 0.6 is 11.8 Å². The lowest BCUT2D eigenvalue weighted by molar-refractivity contribution is -0.119. The molecule has 0 bridgehead atoms. The monoisotopic (exact) mass is 489 g/mol. The Kier molecular flexibility index (Phi) is 12.6. The van der Waals surface area contributed by atoms with Crippen molar-refractivity contribution in [3.8, 4) is 28.4 Å². The van der Waals surface area contributed by atoms with E-state index in [-0.39, 0.29) is 17.4 Å². The maximum Gasteiger partial charge on any atom is 0.217 e. The van der Waals surface area contributed by atoms with Gasteiger partial charge >= 0.3 is 0 Å². The third kappa shape index (κ3) is 6.47. The van der Waals surface area contributed by atoms with E-state index >= 15 is 0 Å². The van der Waals surface area contributed by atoms with Crippen LogP contribution in [0.3, 0.4) is 0 Å². The van der Waals surface area contributed by atoms with Crippen LogP contribution in [0, 0.1) is 0 Å². The van der Waals surface area contributed by atoms with Crippen molar-refractivity contribution in [3.05, 3.63) is 45.6 Å². The Morgan fingerprint density at radius 2 is 1.74 bits per heavy atom. The molecular weight excluding hydrogens is 450 g/mol. The SMILES string of the molecule is CC.CC.CCOc1cc2c(c(OC)c1OC)-c1ccc(SC)c(=O)cc1C(NC(C)=O)CC2. The smallest absolute Gasteiger partial charge is 0.217 e. The maximum atomic E-state index is 12.8. The summed E-state index contributed by atoms with van der Waals surface area (Å²) < 4.78 is 17.2. The van der Waals surface area contributed by atoms with Gasteiger partial charge in [-0.05, 0) is 60.9 Å². The first-order valence-electron chi connectivity index (χ1n) is 11.8. The quantitative estimate of drug-likeness (QED) is 0.500. The Bertz CT molecular complexity index is 1020. The zero-order valence-electron chi connectivity index (χ0n) is 22.0. The minimum Gasteiger partial charge on any atom is -0.492 e. The van der Waals surface area contributed by atoms with Crippen molar-refractivity contribution < 1.29 is 19.0 Å². The molecule has 0 saturated heterocycles. The van der Waals surface area contributed by atoms with Crippen molar-refractivity contribution in [3.63, 3.8) is 0 Å². The number of fused-ring (bicyclic) bond motifs is 3. The zero-order valence-corrected chi connectivity index (χ0v) is 22.8. The van der Waals surface area contributed by atoms with Gasteiger partial charge in [-0.15, -0.1) is 11.8 Å². The lowest BCUT2D eigenvalue weighted by Crippen LogP contribution is -2.26. The largest absolute Gasteiger partial charge is 0.492 e. The van der Waals surface area contributed by atoms with Crippen molar-refractivity contribution in [1.82, 2.24) is 5.32 Å². The lowest BCUT2D eigenvalue weighted by Gasteiger charge is -2.20. The van der Waals surface area contributed by atoms with Gasteiger partial charge in [0.05, 0.1) is 31.8 Å². The predicted octanol–water partition coefficient (Wildman–Crippen LogP) is 6.03. The molecule has 2 aromatic rings. The number of nitrogens with one attached hydrogen (secondary N) is 1. The highest BCUT2D eigenvalue weighted by atomic mass is 32.2. The second-order valence-electron chi connectivity index (χ2n) is 6.98. The van der Waals surface area contributed by atoms with Crippen molar-refractivity contribution in [2.45, 2.75) is 65.3 Å². The summed E-state index contributed by atoms with van der Waals surface area (Å²) >= 11 is 1.40. The van der Waals surface area contributed by atoms with Gasteiger partial charge in [0.2, 0.25) is 11.7 Å². The summed E-state index contributed by atoms with van der Waals surface area (Å²) in [7, 11) is 3.18. The van der Waals surface area contributed by atoms with Crippen LogP contribution in [0.2, 0.25) is 0 Å². The molecule has 1 N–H and O–H groups in total. The van der Waals surface area contributed by atoms with E-state index in [0.29, 0.717) is 41.6 Å². The van der Waals surface area contributed by atoms with Crippen molar-refractivity contribution in [2.24, 2.45) is 0 Å². The second kappa shape index (κ2) is 14.6. The number of benzene rings is 1. The van der Waals surface area contributed by atoms with E-state index in [9.17, 15) is 9.59 Å². The number of hydrogen-bond donors (Lipinski definition) is 1. The van der Waals surface area contributed by atoms with Gasteiger partial charge in [-0.2, -0.15) is 0 Å². The second-order valence-corrected chi connectivity index (χ2v) is 7.83. The summed E-state index contributed by atoms with van der Waals surface area (Å²) in [5.41, 5.74) is 3.44. The van der Waals surface area contributed by atoms with Crippen LogP contribution in [0.15, 0.2) is 34.0 Å². The number of amides is 1. The predicted molar refractivity (Wildman–Crippen MR) is 142 cm³/mol. The molecule has 6 nitrogen and oxygen atoms in total. The van der Waals surface area contributed by atoms with Crippen molar-refractivity contribution in [2.75, 3.05) is 27.1 Å². The Morgan fingerprint density at radius 1 is 1.09 bits per heavy atom. The topological polar surface area (TPSA) is 73.9 Å². The third-order valence-electron chi connectivity index (χ3n) is 5.18. The molecule has 0 fully saturated rings. The molecule has 0 saturated carbocycles. The molecule has 3 rings (SSSR count). The number of thioether (sulfide) groups is 1. The highest BCUT2D eigenvalue weighted by Gasteiger charge is 2.29. The molecule has 0 radical (unpaired) electrons. The summed E-state index contributed by atoms with van der Waals surface area (Å²) in [5, 5.41) is 3.01. The summed E-state index contributed by atoms with van der Waals surface area (Å²) in [6, 6.07) is 7.09. The highest BCUT2D eigenvalue weighted by Crippen LogP contribution is 2.50. The number of hydrogen-bond acceptors (Lipinski definition) is 6. The molecule has 2 aromatic carbocycles. The molecule has 7 heteroatoms. The Hall–Kier alpha value is -2.67. The Morgan fingerprint density at radius 3 is 2.26 bits per heavy atom. The first-order chi connectivity index (χ1) is 16.4. The normalized spacial score (nSPS) is 13.4. The zero-order chi connectivity index (χ0) is 25.8. The molecule has 0 aliphatic heterocycles. The molecule has 1 amide bonds. The average Bonchev–Trinajstić information content (AvgIpc) is 3.09. The van der Waals surface area contributed by atoms with E-state index in [1.807, 2.05) is 59.1 Å². The molecule has 1 aliphatic rings. The standard InChI is InChI=1S/C23H27NO5S.2C2H6/c1-6-29-19-11-14-7-9-17(24-13(2)25)16-12-18(26)20(30-5)10-8-15(16)21(14)23(28-4)22(19)27-3;2*1-2/h8,10-12,17H,6-7,9H2,1-5H3,(H,24,25);2*1-2H3. The number of methoxy groups -OCH3 is 2. The van der Waals surface area contributed by atoms with E-state index in [1.165, 1.54) is 18.7 Å². The van der Waals surface area contributed by atoms with E-state index in [1.54, 1.807) is 20.3 Å². The number of aryl methyl sites for hydroxylation is 1. The fraction of sp³-hybridized carbons (Fsp3) is 0.481. The molecule has 1 atom stereocenters. The van der Waals surface area contributed by atoms with E-state index < -0.39 is 0 Å². The van der Waals surface area contributed by atoms with E-state index in [0.717, 1.165) is 22.3 Å². The van der Waals surface area contributed by atoms with Gasteiger partial charge in [0.15, 0.2) is 16.9 Å². The highest BCUT2D eigenvalue weighted by molar-refractivity contribution is 7.98. The van der Waals surface area contributed by atoms with Crippen LogP contribution in [0.4, 0.5) is 0 Å². The molecule has 0 aromatic heterocycles.